The molecule has 1 aliphatic heterocycles. The number of aryl methyl sites for hydroxylation is 1. The summed E-state index contributed by atoms with van der Waals surface area (Å²) >= 11 is 0. The molecule has 2 aromatic rings. The topological polar surface area (TPSA) is 78.4 Å². The lowest BCUT2D eigenvalue weighted by atomic mass is 9.91. The zero-order valence-electron chi connectivity index (χ0n) is 18.1. The number of piperidine rings is 1. The van der Waals surface area contributed by atoms with Crippen molar-refractivity contribution in [3.63, 3.8) is 0 Å². The number of aromatic nitrogens is 2. The Hall–Kier alpha value is -2.47. The van der Waals surface area contributed by atoms with Gasteiger partial charge in [0.05, 0.1) is 12.0 Å². The van der Waals surface area contributed by atoms with Gasteiger partial charge >= 0.3 is 0 Å². The van der Waals surface area contributed by atoms with Crippen LogP contribution in [0.15, 0.2) is 30.3 Å². The average Bonchev–Trinajstić information content (AvgIpc) is 3.29. The van der Waals surface area contributed by atoms with E-state index in [9.17, 15) is 9.90 Å². The van der Waals surface area contributed by atoms with Crippen LogP contribution in [0.4, 0.5) is 5.82 Å². The van der Waals surface area contributed by atoms with Gasteiger partial charge in [-0.2, -0.15) is 0 Å². The van der Waals surface area contributed by atoms with Gasteiger partial charge in [0.15, 0.2) is 5.82 Å². The van der Waals surface area contributed by atoms with Crippen molar-refractivity contribution < 1.29 is 9.90 Å². The number of carbonyl (C=O) groups is 1. The van der Waals surface area contributed by atoms with E-state index in [2.05, 4.69) is 22.3 Å². The summed E-state index contributed by atoms with van der Waals surface area (Å²) in [4.78, 5) is 25.2. The molecule has 6 heteroatoms. The molecule has 2 fully saturated rings. The van der Waals surface area contributed by atoms with Crippen LogP contribution >= 0.6 is 0 Å². The SMILES string of the molecule is O=C(NC1CCC(O)CC1)C1CCCN(c2nc(-c3ccccc3)nc3c2CCC3)C1. The van der Waals surface area contributed by atoms with Crippen LogP contribution in [0.1, 0.15) is 56.2 Å². The number of nitrogens with one attached hydrogen (secondary N) is 1. The van der Waals surface area contributed by atoms with E-state index in [1.54, 1.807) is 0 Å². The van der Waals surface area contributed by atoms with E-state index in [1.165, 1.54) is 11.3 Å². The third-order valence-electron chi connectivity index (χ3n) is 7.08. The molecular formula is C25H32N4O2. The first kappa shape index (κ1) is 20.4. The number of hydrogen-bond donors (Lipinski definition) is 2. The molecule has 2 aliphatic carbocycles. The second-order valence-corrected chi connectivity index (χ2v) is 9.31. The molecule has 1 atom stereocenters. The van der Waals surface area contributed by atoms with Crippen molar-refractivity contribution >= 4 is 11.7 Å². The number of nitrogens with zero attached hydrogens (tertiary/aromatic N) is 3. The number of hydrogen-bond acceptors (Lipinski definition) is 5. The molecule has 2 heterocycles. The van der Waals surface area contributed by atoms with Crippen LogP contribution in [0.25, 0.3) is 11.4 Å². The molecular weight excluding hydrogens is 388 g/mol. The van der Waals surface area contributed by atoms with E-state index >= 15 is 0 Å². The quantitative estimate of drug-likeness (QED) is 0.794. The summed E-state index contributed by atoms with van der Waals surface area (Å²) in [5.74, 6) is 2.00. The number of aliphatic hydroxyl groups is 1. The molecule has 164 valence electrons. The molecule has 1 saturated heterocycles. The standard InChI is InChI=1S/C25H32N4O2/c30-20-13-11-19(12-14-20)26-25(31)18-8-5-15-29(16-18)24-21-9-4-10-22(21)27-23(28-24)17-6-2-1-3-7-17/h1-3,6-7,18-20,30H,4-5,8-16H2,(H,26,31). The first-order valence-corrected chi connectivity index (χ1v) is 11.9. The molecule has 0 spiro atoms. The fourth-order valence-corrected chi connectivity index (χ4v) is 5.31. The summed E-state index contributed by atoms with van der Waals surface area (Å²) in [6.07, 6.45) is 8.23. The summed E-state index contributed by atoms with van der Waals surface area (Å²) in [5, 5.41) is 13.0. The Labute approximate surface area is 184 Å². The molecule has 1 unspecified atom stereocenters. The molecule has 0 bridgehead atoms. The van der Waals surface area contributed by atoms with Gasteiger partial charge in [0.2, 0.25) is 5.91 Å². The number of amides is 1. The number of anilines is 1. The van der Waals surface area contributed by atoms with Crippen LogP contribution in [0, 0.1) is 5.92 Å². The number of carbonyl (C=O) groups excluding carboxylic acids is 1. The van der Waals surface area contributed by atoms with Gasteiger partial charge in [0.25, 0.3) is 0 Å². The van der Waals surface area contributed by atoms with Crippen LogP contribution in [-0.4, -0.2) is 46.2 Å². The molecule has 2 N–H and O–H groups in total. The van der Waals surface area contributed by atoms with Crippen molar-refractivity contribution in [2.75, 3.05) is 18.0 Å². The minimum absolute atomic E-state index is 0.00667. The highest BCUT2D eigenvalue weighted by Crippen LogP contribution is 2.33. The highest BCUT2D eigenvalue weighted by molar-refractivity contribution is 5.80. The second kappa shape index (κ2) is 8.95. The minimum Gasteiger partial charge on any atom is -0.393 e. The predicted octanol–water partition coefficient (Wildman–Crippen LogP) is 3.27. The fraction of sp³-hybridized carbons (Fsp3) is 0.560. The molecule has 1 amide bonds. The summed E-state index contributed by atoms with van der Waals surface area (Å²) in [6, 6.07) is 10.4. The summed E-state index contributed by atoms with van der Waals surface area (Å²) < 4.78 is 0. The van der Waals surface area contributed by atoms with Crippen molar-refractivity contribution in [3.05, 3.63) is 41.6 Å². The fourth-order valence-electron chi connectivity index (χ4n) is 5.31. The Morgan fingerprint density at radius 2 is 1.81 bits per heavy atom. The maximum Gasteiger partial charge on any atom is 0.225 e. The van der Waals surface area contributed by atoms with Gasteiger partial charge in [-0.3, -0.25) is 4.79 Å². The number of benzene rings is 1. The van der Waals surface area contributed by atoms with Gasteiger partial charge in [-0.15, -0.1) is 0 Å². The van der Waals surface area contributed by atoms with Crippen LogP contribution in [-0.2, 0) is 17.6 Å². The highest BCUT2D eigenvalue weighted by atomic mass is 16.3. The van der Waals surface area contributed by atoms with E-state index in [-0.39, 0.29) is 24.0 Å². The van der Waals surface area contributed by atoms with Crippen molar-refractivity contribution in [3.8, 4) is 11.4 Å². The lowest BCUT2D eigenvalue weighted by molar-refractivity contribution is -0.126. The molecule has 1 saturated carbocycles. The van der Waals surface area contributed by atoms with Gasteiger partial charge < -0.3 is 15.3 Å². The Kier molecular flexibility index (Phi) is 5.90. The van der Waals surface area contributed by atoms with E-state index in [4.69, 9.17) is 9.97 Å². The first-order chi connectivity index (χ1) is 15.2. The van der Waals surface area contributed by atoms with E-state index in [1.807, 2.05) is 18.2 Å². The first-order valence-electron chi connectivity index (χ1n) is 11.9. The summed E-state index contributed by atoms with van der Waals surface area (Å²) in [7, 11) is 0. The van der Waals surface area contributed by atoms with Gasteiger partial charge in [0.1, 0.15) is 5.82 Å². The zero-order valence-corrected chi connectivity index (χ0v) is 18.1. The van der Waals surface area contributed by atoms with Crippen LogP contribution in [0.2, 0.25) is 0 Å². The number of fused-ring (bicyclic) bond motifs is 1. The van der Waals surface area contributed by atoms with Gasteiger partial charge in [-0.05, 0) is 57.8 Å². The number of aliphatic hydroxyl groups excluding tert-OH is 1. The summed E-state index contributed by atoms with van der Waals surface area (Å²) in [5.41, 5.74) is 3.50. The van der Waals surface area contributed by atoms with Crippen molar-refractivity contribution in [1.82, 2.24) is 15.3 Å². The Morgan fingerprint density at radius 3 is 2.61 bits per heavy atom. The molecule has 1 aromatic heterocycles. The lowest BCUT2D eigenvalue weighted by Crippen LogP contribution is -2.47. The molecule has 1 aromatic carbocycles. The maximum absolute atomic E-state index is 13.0. The minimum atomic E-state index is -0.197. The molecule has 5 rings (SSSR count). The van der Waals surface area contributed by atoms with Gasteiger partial charge in [-0.1, -0.05) is 30.3 Å². The van der Waals surface area contributed by atoms with Crippen LogP contribution < -0.4 is 10.2 Å². The van der Waals surface area contributed by atoms with Crippen molar-refractivity contribution in [2.24, 2.45) is 5.92 Å². The second-order valence-electron chi connectivity index (χ2n) is 9.31. The zero-order chi connectivity index (χ0) is 21.2. The Bertz CT molecular complexity index is 925. The molecule has 0 radical (unpaired) electrons. The van der Waals surface area contributed by atoms with Crippen LogP contribution in [0.5, 0.6) is 0 Å². The molecule has 6 nitrogen and oxygen atoms in total. The Morgan fingerprint density at radius 1 is 1.00 bits per heavy atom. The lowest BCUT2D eigenvalue weighted by Gasteiger charge is -2.35. The average molecular weight is 421 g/mol. The van der Waals surface area contributed by atoms with Gasteiger partial charge in [0, 0.05) is 36.0 Å². The van der Waals surface area contributed by atoms with E-state index in [0.29, 0.717) is 0 Å². The summed E-state index contributed by atoms with van der Waals surface area (Å²) in [6.45, 7) is 1.66. The monoisotopic (exact) mass is 420 g/mol. The third-order valence-corrected chi connectivity index (χ3v) is 7.08. The highest BCUT2D eigenvalue weighted by Gasteiger charge is 2.31. The molecule has 31 heavy (non-hydrogen) atoms. The third kappa shape index (κ3) is 4.45. The molecule has 3 aliphatic rings. The number of rotatable bonds is 4. The normalized spacial score (nSPS) is 25.8. The van der Waals surface area contributed by atoms with Crippen molar-refractivity contribution in [2.45, 2.75) is 69.9 Å². The van der Waals surface area contributed by atoms with E-state index < -0.39 is 0 Å². The van der Waals surface area contributed by atoms with Gasteiger partial charge in [-0.25, -0.2) is 9.97 Å². The van der Waals surface area contributed by atoms with Crippen LogP contribution in [0.3, 0.4) is 0 Å². The smallest absolute Gasteiger partial charge is 0.225 e. The van der Waals surface area contributed by atoms with Crippen molar-refractivity contribution in [1.29, 1.82) is 0 Å². The Balaban J connectivity index is 1.34. The largest absolute Gasteiger partial charge is 0.393 e. The predicted molar refractivity (Wildman–Crippen MR) is 121 cm³/mol. The maximum atomic E-state index is 13.0. The van der Waals surface area contributed by atoms with E-state index in [0.717, 1.165) is 88.1 Å².